The van der Waals surface area contributed by atoms with Crippen molar-refractivity contribution in [3.05, 3.63) is 34.3 Å². The molecule has 0 saturated carbocycles. The Hall–Kier alpha value is -1.07. The number of hydrogen-bond donors (Lipinski definition) is 3. The number of aliphatic hydroxyl groups excluding tert-OH is 1. The molecule has 106 valence electrons. The Morgan fingerprint density at radius 1 is 1.42 bits per heavy atom. The van der Waals surface area contributed by atoms with Gasteiger partial charge in [-0.3, -0.25) is 0 Å². The number of carbonyl (C=O) groups is 1. The third kappa shape index (κ3) is 4.84. The molecule has 4 nitrogen and oxygen atoms in total. The van der Waals surface area contributed by atoms with Gasteiger partial charge >= 0.3 is 6.03 Å². The number of halogens is 1. The number of carbonyl (C=O) groups excluding carboxylic acids is 1. The Kier molecular flexibility index (Phi) is 5.82. The number of amides is 2. The van der Waals surface area contributed by atoms with E-state index in [1.54, 1.807) is 6.92 Å². The van der Waals surface area contributed by atoms with Gasteiger partial charge in [0.2, 0.25) is 0 Å². The van der Waals surface area contributed by atoms with E-state index in [9.17, 15) is 4.79 Å². The molecule has 1 aromatic carbocycles. The topological polar surface area (TPSA) is 61.4 Å². The predicted molar refractivity (Wildman–Crippen MR) is 80.3 cm³/mol. The molecule has 0 aliphatic heterocycles. The van der Waals surface area contributed by atoms with Crippen LogP contribution in [-0.4, -0.2) is 30.3 Å². The van der Waals surface area contributed by atoms with Gasteiger partial charge in [-0.05, 0) is 18.6 Å². The summed E-state index contributed by atoms with van der Waals surface area (Å²) in [6, 6.07) is 7.47. The van der Waals surface area contributed by atoms with Gasteiger partial charge in [-0.15, -0.1) is 0 Å². The molecule has 5 heteroatoms. The minimum absolute atomic E-state index is 0.0684. The maximum atomic E-state index is 11.6. The van der Waals surface area contributed by atoms with E-state index >= 15 is 0 Å². The van der Waals surface area contributed by atoms with Crippen LogP contribution >= 0.6 is 15.9 Å². The molecule has 1 aromatic rings. The zero-order chi connectivity index (χ0) is 14.5. The van der Waals surface area contributed by atoms with Gasteiger partial charge in [0.25, 0.3) is 0 Å². The van der Waals surface area contributed by atoms with E-state index in [-0.39, 0.29) is 24.1 Å². The van der Waals surface area contributed by atoms with Crippen LogP contribution in [0.1, 0.15) is 26.3 Å². The lowest BCUT2D eigenvalue weighted by Gasteiger charge is -2.27. The lowest BCUT2D eigenvalue weighted by molar-refractivity contribution is 0.218. The number of hydrogen-bond acceptors (Lipinski definition) is 2. The summed E-state index contributed by atoms with van der Waals surface area (Å²) in [7, 11) is 0. The first-order valence-corrected chi connectivity index (χ1v) is 7.06. The molecule has 3 N–H and O–H groups in total. The molecule has 0 fully saturated rings. The molecule has 19 heavy (non-hydrogen) atoms. The first-order valence-electron chi connectivity index (χ1n) is 6.27. The van der Waals surface area contributed by atoms with Crippen molar-refractivity contribution in [1.29, 1.82) is 0 Å². The third-order valence-electron chi connectivity index (χ3n) is 2.95. The molecule has 0 aliphatic carbocycles. The summed E-state index contributed by atoms with van der Waals surface area (Å²) < 4.78 is 1.03. The zero-order valence-corrected chi connectivity index (χ0v) is 13.1. The smallest absolute Gasteiger partial charge is 0.315 e. The second-order valence-corrected chi connectivity index (χ2v) is 6.13. The van der Waals surface area contributed by atoms with Crippen LogP contribution in [0.4, 0.5) is 4.79 Å². The maximum absolute atomic E-state index is 11.6. The fraction of sp³-hybridized carbons (Fsp3) is 0.500. The second kappa shape index (κ2) is 6.91. The lowest BCUT2D eigenvalue weighted by atomic mass is 9.84. The monoisotopic (exact) mass is 328 g/mol. The standard InChI is InChI=1S/C14H21BrN2O2/c1-10(8-18)17-13(19)16-9-14(2,3)11-6-4-5-7-12(11)15/h4-7,10,18H,8-9H2,1-3H3,(H2,16,17,19)/t10-/m0/s1. The van der Waals surface area contributed by atoms with E-state index in [4.69, 9.17) is 5.11 Å². The summed E-state index contributed by atoms with van der Waals surface area (Å²) >= 11 is 3.53. The largest absolute Gasteiger partial charge is 0.394 e. The van der Waals surface area contributed by atoms with Crippen LogP contribution < -0.4 is 10.6 Å². The first kappa shape index (κ1) is 16.0. The molecule has 1 atom stereocenters. The molecule has 0 heterocycles. The van der Waals surface area contributed by atoms with E-state index in [0.29, 0.717) is 6.54 Å². The van der Waals surface area contributed by atoms with E-state index in [0.717, 1.165) is 10.0 Å². The van der Waals surface area contributed by atoms with Crippen LogP contribution in [0.3, 0.4) is 0 Å². The van der Waals surface area contributed by atoms with Gasteiger partial charge in [-0.1, -0.05) is 48.0 Å². The van der Waals surface area contributed by atoms with Crippen molar-refractivity contribution in [1.82, 2.24) is 10.6 Å². The van der Waals surface area contributed by atoms with Crippen molar-refractivity contribution < 1.29 is 9.90 Å². The summed E-state index contributed by atoms with van der Waals surface area (Å²) in [6.45, 7) is 6.34. The minimum atomic E-state index is -0.262. The molecule has 0 aromatic heterocycles. The zero-order valence-electron chi connectivity index (χ0n) is 11.5. The van der Waals surface area contributed by atoms with Crippen molar-refractivity contribution in [3.63, 3.8) is 0 Å². The summed E-state index contributed by atoms with van der Waals surface area (Å²) in [5, 5.41) is 14.4. The normalized spacial score (nSPS) is 12.9. The number of benzene rings is 1. The maximum Gasteiger partial charge on any atom is 0.315 e. The molecular formula is C14H21BrN2O2. The highest BCUT2D eigenvalue weighted by Crippen LogP contribution is 2.29. The lowest BCUT2D eigenvalue weighted by Crippen LogP contribution is -2.46. The number of nitrogens with one attached hydrogen (secondary N) is 2. The van der Waals surface area contributed by atoms with Gasteiger partial charge < -0.3 is 15.7 Å². The fourth-order valence-corrected chi connectivity index (χ4v) is 2.55. The van der Waals surface area contributed by atoms with Gasteiger partial charge in [0.15, 0.2) is 0 Å². The van der Waals surface area contributed by atoms with Crippen molar-refractivity contribution in [3.8, 4) is 0 Å². The Labute approximate surface area is 122 Å². The third-order valence-corrected chi connectivity index (χ3v) is 3.64. The molecular weight excluding hydrogens is 308 g/mol. The molecule has 0 aliphatic rings. The highest BCUT2D eigenvalue weighted by atomic mass is 79.9. The van der Waals surface area contributed by atoms with Crippen molar-refractivity contribution in [2.75, 3.05) is 13.2 Å². The minimum Gasteiger partial charge on any atom is -0.394 e. The van der Waals surface area contributed by atoms with Crippen LogP contribution in [0.2, 0.25) is 0 Å². The van der Waals surface area contributed by atoms with Crippen LogP contribution in [-0.2, 0) is 5.41 Å². The average Bonchev–Trinajstić information content (AvgIpc) is 2.36. The quantitative estimate of drug-likeness (QED) is 0.777. The molecule has 0 bridgehead atoms. The van der Waals surface area contributed by atoms with E-state index in [2.05, 4.69) is 40.4 Å². The SMILES string of the molecule is C[C@@H](CO)NC(=O)NCC(C)(C)c1ccccc1Br. The fourth-order valence-electron chi connectivity index (χ4n) is 1.73. The van der Waals surface area contributed by atoms with E-state index in [1.807, 2.05) is 24.3 Å². The first-order chi connectivity index (χ1) is 8.86. The van der Waals surface area contributed by atoms with Crippen LogP contribution in [0.15, 0.2) is 28.7 Å². The summed E-state index contributed by atoms with van der Waals surface area (Å²) in [5.41, 5.74) is 0.963. The van der Waals surface area contributed by atoms with E-state index in [1.165, 1.54) is 0 Å². The molecule has 0 unspecified atom stereocenters. The second-order valence-electron chi connectivity index (χ2n) is 5.27. The summed E-state index contributed by atoms with van der Waals surface area (Å²) in [5.74, 6) is 0. The molecule has 2 amide bonds. The number of urea groups is 1. The summed E-state index contributed by atoms with van der Waals surface area (Å²) in [6.07, 6.45) is 0. The molecule has 0 saturated heterocycles. The van der Waals surface area contributed by atoms with Crippen LogP contribution in [0.5, 0.6) is 0 Å². The van der Waals surface area contributed by atoms with E-state index < -0.39 is 0 Å². The molecule has 1 rings (SSSR count). The number of rotatable bonds is 5. The molecule has 0 spiro atoms. The Bertz CT molecular complexity index is 435. The van der Waals surface area contributed by atoms with Crippen molar-refractivity contribution in [2.45, 2.75) is 32.2 Å². The van der Waals surface area contributed by atoms with Gasteiger partial charge in [-0.2, -0.15) is 0 Å². The average molecular weight is 329 g/mol. The highest BCUT2D eigenvalue weighted by Gasteiger charge is 2.23. The van der Waals surface area contributed by atoms with Crippen LogP contribution in [0, 0.1) is 0 Å². The van der Waals surface area contributed by atoms with Crippen molar-refractivity contribution in [2.24, 2.45) is 0 Å². The predicted octanol–water partition coefficient (Wildman–Crippen LogP) is 2.41. The Morgan fingerprint density at radius 2 is 2.05 bits per heavy atom. The van der Waals surface area contributed by atoms with Gasteiger partial charge in [0, 0.05) is 16.4 Å². The van der Waals surface area contributed by atoms with Crippen molar-refractivity contribution >= 4 is 22.0 Å². The number of aliphatic hydroxyl groups is 1. The highest BCUT2D eigenvalue weighted by molar-refractivity contribution is 9.10. The Morgan fingerprint density at radius 3 is 2.63 bits per heavy atom. The summed E-state index contributed by atoms with van der Waals surface area (Å²) in [4.78, 5) is 11.6. The van der Waals surface area contributed by atoms with Gasteiger partial charge in [0.05, 0.1) is 12.6 Å². The van der Waals surface area contributed by atoms with Crippen LogP contribution in [0.25, 0.3) is 0 Å². The van der Waals surface area contributed by atoms with Gasteiger partial charge in [0.1, 0.15) is 0 Å². The molecule has 0 radical (unpaired) electrons. The Balaban J connectivity index is 2.61. The van der Waals surface area contributed by atoms with Gasteiger partial charge in [-0.25, -0.2) is 4.79 Å².